The van der Waals surface area contributed by atoms with Crippen molar-refractivity contribution in [2.24, 2.45) is 11.3 Å². The molecule has 1 aromatic carbocycles. The molecule has 1 fully saturated rings. The molecule has 2 atom stereocenters. The van der Waals surface area contributed by atoms with Crippen molar-refractivity contribution in [1.29, 1.82) is 0 Å². The molecule has 0 aliphatic heterocycles. The predicted molar refractivity (Wildman–Crippen MR) is 104 cm³/mol. The molecule has 140 valence electrons. The molecular weight excluding hydrogens is 324 g/mol. The zero-order chi connectivity index (χ0) is 19.6. The van der Waals surface area contributed by atoms with Gasteiger partial charge in [-0.1, -0.05) is 37.6 Å². The van der Waals surface area contributed by atoms with Crippen LogP contribution in [0, 0.1) is 32.1 Å². The van der Waals surface area contributed by atoms with E-state index in [-0.39, 0.29) is 35.6 Å². The maximum atomic E-state index is 12.9. The highest BCUT2D eigenvalue weighted by Crippen LogP contribution is 2.38. The Morgan fingerprint density at radius 3 is 2.31 bits per heavy atom. The Bertz CT molecular complexity index is 732. The highest BCUT2D eigenvalue weighted by atomic mass is 16.2. The van der Waals surface area contributed by atoms with E-state index in [1.807, 2.05) is 52.8 Å². The van der Waals surface area contributed by atoms with E-state index in [9.17, 15) is 14.4 Å². The summed E-state index contributed by atoms with van der Waals surface area (Å²) < 4.78 is 0. The second-order valence-corrected chi connectivity index (χ2v) is 8.59. The van der Waals surface area contributed by atoms with E-state index in [1.54, 1.807) is 0 Å². The van der Waals surface area contributed by atoms with Gasteiger partial charge in [0, 0.05) is 25.2 Å². The van der Waals surface area contributed by atoms with Crippen molar-refractivity contribution < 1.29 is 14.4 Å². The zero-order valence-corrected chi connectivity index (χ0v) is 16.6. The van der Waals surface area contributed by atoms with Gasteiger partial charge in [0.25, 0.3) is 0 Å². The number of carbonyl (C=O) groups excluding carboxylic acids is 3. The summed E-state index contributed by atoms with van der Waals surface area (Å²) in [6, 6.07) is 4.03. The van der Waals surface area contributed by atoms with E-state index in [2.05, 4.69) is 6.58 Å². The Morgan fingerprint density at radius 2 is 1.77 bits per heavy atom. The van der Waals surface area contributed by atoms with Gasteiger partial charge in [-0.05, 0) is 49.3 Å². The Labute approximate surface area is 156 Å². The smallest absolute Gasteiger partial charge is 0.151 e. The molecule has 1 aliphatic carbocycles. The molecule has 2 rings (SSSR count). The summed E-state index contributed by atoms with van der Waals surface area (Å²) in [6.07, 6.45) is 3.33. The van der Waals surface area contributed by atoms with Crippen LogP contribution < -0.4 is 0 Å². The van der Waals surface area contributed by atoms with Gasteiger partial charge in [-0.15, -0.1) is 6.58 Å². The SMILES string of the molecule is C=CCC(C)(C)CC(=O)CC1CC(=O)C(c2c(C)cc(C)cc2C)C1=O. The van der Waals surface area contributed by atoms with Gasteiger partial charge in [0.1, 0.15) is 17.5 Å². The van der Waals surface area contributed by atoms with Crippen molar-refractivity contribution in [2.75, 3.05) is 0 Å². The minimum Gasteiger partial charge on any atom is -0.300 e. The number of Topliss-reactive ketones (excluding diaryl/α,β-unsaturated/α-hetero) is 3. The number of allylic oxidation sites excluding steroid dienone is 1. The van der Waals surface area contributed by atoms with Gasteiger partial charge in [0.05, 0.1) is 0 Å². The Hall–Kier alpha value is -2.03. The van der Waals surface area contributed by atoms with Gasteiger partial charge < -0.3 is 0 Å². The quantitative estimate of drug-likeness (QED) is 0.522. The second kappa shape index (κ2) is 7.69. The first-order chi connectivity index (χ1) is 12.1. The standard InChI is InChI=1S/C23H30O3/c1-7-8-23(5,6)13-18(24)11-17-12-19(25)21(22(17)26)20-15(3)9-14(2)10-16(20)4/h7,9-10,17,21H,1,8,11-13H2,2-6H3. The van der Waals surface area contributed by atoms with E-state index in [0.717, 1.165) is 28.7 Å². The number of hydrogen-bond donors (Lipinski definition) is 0. The van der Waals surface area contributed by atoms with Crippen LogP contribution in [0.2, 0.25) is 0 Å². The van der Waals surface area contributed by atoms with Crippen molar-refractivity contribution in [2.45, 2.75) is 66.2 Å². The van der Waals surface area contributed by atoms with Crippen LogP contribution in [0.3, 0.4) is 0 Å². The maximum Gasteiger partial charge on any atom is 0.151 e. The van der Waals surface area contributed by atoms with Crippen LogP contribution in [0.5, 0.6) is 0 Å². The molecule has 26 heavy (non-hydrogen) atoms. The third-order valence-electron chi connectivity index (χ3n) is 5.33. The number of rotatable bonds is 7. The molecule has 3 nitrogen and oxygen atoms in total. The van der Waals surface area contributed by atoms with Crippen molar-refractivity contribution in [3.05, 3.63) is 47.0 Å². The fourth-order valence-corrected chi connectivity index (χ4v) is 4.32. The summed E-state index contributed by atoms with van der Waals surface area (Å²) in [5.41, 5.74) is 3.76. The van der Waals surface area contributed by atoms with Crippen LogP contribution >= 0.6 is 0 Å². The predicted octanol–water partition coefficient (Wildman–Crippen LogP) is 4.81. The molecule has 0 radical (unpaired) electrons. The topological polar surface area (TPSA) is 51.2 Å². The molecule has 0 bridgehead atoms. The largest absolute Gasteiger partial charge is 0.300 e. The first kappa shape index (κ1) is 20.3. The third kappa shape index (κ3) is 4.38. The first-order valence-electron chi connectivity index (χ1n) is 9.32. The molecule has 0 spiro atoms. The highest BCUT2D eigenvalue weighted by Gasteiger charge is 2.44. The molecule has 1 aromatic rings. The van der Waals surface area contributed by atoms with Gasteiger partial charge >= 0.3 is 0 Å². The van der Waals surface area contributed by atoms with Crippen molar-refractivity contribution in [1.82, 2.24) is 0 Å². The molecule has 0 N–H and O–H groups in total. The molecule has 0 heterocycles. The Kier molecular flexibility index (Phi) is 6.00. The zero-order valence-electron chi connectivity index (χ0n) is 16.6. The number of benzene rings is 1. The third-order valence-corrected chi connectivity index (χ3v) is 5.33. The summed E-state index contributed by atoms with van der Waals surface area (Å²) in [5, 5.41) is 0. The van der Waals surface area contributed by atoms with E-state index in [4.69, 9.17) is 0 Å². The molecule has 1 saturated carbocycles. The van der Waals surface area contributed by atoms with E-state index < -0.39 is 11.8 Å². The Morgan fingerprint density at radius 1 is 1.19 bits per heavy atom. The average molecular weight is 354 g/mol. The van der Waals surface area contributed by atoms with E-state index >= 15 is 0 Å². The summed E-state index contributed by atoms with van der Waals surface area (Å²) in [5.74, 6) is -1.25. The molecular formula is C23H30O3. The average Bonchev–Trinajstić information content (AvgIpc) is 2.73. The summed E-state index contributed by atoms with van der Waals surface area (Å²) in [4.78, 5) is 38.0. The van der Waals surface area contributed by atoms with Crippen molar-refractivity contribution >= 4 is 17.3 Å². The van der Waals surface area contributed by atoms with Crippen LogP contribution in [-0.2, 0) is 14.4 Å². The van der Waals surface area contributed by atoms with Crippen LogP contribution in [-0.4, -0.2) is 17.3 Å². The molecule has 3 heteroatoms. The van der Waals surface area contributed by atoms with Gasteiger partial charge in [-0.3, -0.25) is 14.4 Å². The summed E-state index contributed by atoms with van der Waals surface area (Å²) >= 11 is 0. The molecule has 0 amide bonds. The molecule has 1 aliphatic rings. The van der Waals surface area contributed by atoms with E-state index in [0.29, 0.717) is 6.42 Å². The lowest BCUT2D eigenvalue weighted by Gasteiger charge is -2.22. The lowest BCUT2D eigenvalue weighted by atomic mass is 9.81. The monoisotopic (exact) mass is 354 g/mol. The number of aryl methyl sites for hydroxylation is 3. The van der Waals surface area contributed by atoms with Crippen LogP contribution in [0.4, 0.5) is 0 Å². The number of carbonyl (C=O) groups is 3. The minimum absolute atomic E-state index is 0.0480. The van der Waals surface area contributed by atoms with Crippen LogP contribution in [0.15, 0.2) is 24.8 Å². The minimum atomic E-state index is -0.699. The van der Waals surface area contributed by atoms with E-state index in [1.165, 1.54) is 0 Å². The van der Waals surface area contributed by atoms with Crippen molar-refractivity contribution in [3.8, 4) is 0 Å². The fourth-order valence-electron chi connectivity index (χ4n) is 4.32. The normalized spacial score (nSPS) is 20.5. The first-order valence-corrected chi connectivity index (χ1v) is 9.32. The summed E-state index contributed by atoms with van der Waals surface area (Å²) in [7, 11) is 0. The van der Waals surface area contributed by atoms with Crippen LogP contribution in [0.1, 0.15) is 67.7 Å². The van der Waals surface area contributed by atoms with Crippen LogP contribution in [0.25, 0.3) is 0 Å². The fraction of sp³-hybridized carbons (Fsp3) is 0.522. The van der Waals surface area contributed by atoms with Gasteiger partial charge in [0.15, 0.2) is 5.78 Å². The molecule has 0 aromatic heterocycles. The highest BCUT2D eigenvalue weighted by molar-refractivity contribution is 6.15. The Balaban J connectivity index is 2.17. The molecule has 0 saturated heterocycles. The maximum absolute atomic E-state index is 12.9. The second-order valence-electron chi connectivity index (χ2n) is 8.59. The lowest BCUT2D eigenvalue weighted by Crippen LogP contribution is -2.22. The van der Waals surface area contributed by atoms with Gasteiger partial charge in [0.2, 0.25) is 0 Å². The van der Waals surface area contributed by atoms with Crippen molar-refractivity contribution in [3.63, 3.8) is 0 Å². The summed E-state index contributed by atoms with van der Waals surface area (Å²) in [6.45, 7) is 13.7. The molecule has 2 unspecified atom stereocenters. The van der Waals surface area contributed by atoms with Gasteiger partial charge in [-0.2, -0.15) is 0 Å². The number of ketones is 3. The van der Waals surface area contributed by atoms with Gasteiger partial charge in [-0.25, -0.2) is 0 Å². The number of hydrogen-bond acceptors (Lipinski definition) is 3. The lowest BCUT2D eigenvalue weighted by molar-refractivity contribution is -0.128.